The number of hydrogen-bond acceptors (Lipinski definition) is 1. The molecule has 0 saturated heterocycles. The maximum absolute atomic E-state index is 4.76. The van der Waals surface area contributed by atoms with Crippen molar-refractivity contribution in [2.75, 3.05) is 0 Å². The van der Waals surface area contributed by atoms with Crippen molar-refractivity contribution in [2.24, 2.45) is 5.92 Å². The Kier molecular flexibility index (Phi) is 3.46. The van der Waals surface area contributed by atoms with E-state index in [2.05, 4.69) is 58.0 Å². The third-order valence-corrected chi connectivity index (χ3v) is 3.04. The predicted octanol–water partition coefficient (Wildman–Crippen LogP) is 4.56. The van der Waals surface area contributed by atoms with Crippen LogP contribution in [0.25, 0.3) is 10.9 Å². The molecule has 2 aromatic rings. The van der Waals surface area contributed by atoms with E-state index in [1.54, 1.807) is 0 Å². The zero-order valence-corrected chi connectivity index (χ0v) is 11.2. The third kappa shape index (κ3) is 2.66. The van der Waals surface area contributed by atoms with E-state index in [9.17, 15) is 0 Å². The van der Waals surface area contributed by atoms with Crippen LogP contribution in [0.3, 0.4) is 0 Å². The van der Waals surface area contributed by atoms with Crippen molar-refractivity contribution in [3.8, 4) is 0 Å². The molecule has 0 spiro atoms. The van der Waals surface area contributed by atoms with Crippen molar-refractivity contribution in [3.63, 3.8) is 0 Å². The summed E-state index contributed by atoms with van der Waals surface area (Å²) in [6.45, 7) is 8.99. The number of hydrogen-bond donors (Lipinski definition) is 0. The third-order valence-electron chi connectivity index (χ3n) is 3.04. The zero-order valence-electron chi connectivity index (χ0n) is 11.2. The minimum Gasteiger partial charge on any atom is -0.253 e. The van der Waals surface area contributed by atoms with Crippen molar-refractivity contribution in [2.45, 2.75) is 40.0 Å². The number of fused-ring (bicyclic) bond motifs is 1. The van der Waals surface area contributed by atoms with Crippen molar-refractivity contribution >= 4 is 10.9 Å². The van der Waals surface area contributed by atoms with Gasteiger partial charge in [0.15, 0.2) is 0 Å². The number of para-hydroxylation sites is 1. The van der Waals surface area contributed by atoms with Gasteiger partial charge in [0.05, 0.1) is 5.52 Å². The van der Waals surface area contributed by atoms with E-state index in [4.69, 9.17) is 4.98 Å². The first-order valence-electron chi connectivity index (χ1n) is 6.46. The fourth-order valence-corrected chi connectivity index (χ4v) is 2.26. The lowest BCUT2D eigenvalue weighted by Crippen LogP contribution is -2.01. The van der Waals surface area contributed by atoms with Gasteiger partial charge in [-0.05, 0) is 36.0 Å². The van der Waals surface area contributed by atoms with Crippen molar-refractivity contribution in [1.29, 1.82) is 0 Å². The molecule has 1 heterocycles. The second-order valence-electron chi connectivity index (χ2n) is 5.47. The number of benzene rings is 1. The molecule has 2 rings (SSSR count). The molecule has 0 atom stereocenters. The predicted molar refractivity (Wildman–Crippen MR) is 74.4 cm³/mol. The molecule has 0 fully saturated rings. The number of nitrogens with zero attached hydrogens (tertiary/aromatic N) is 1. The van der Waals surface area contributed by atoms with Gasteiger partial charge in [-0.25, -0.2) is 0 Å². The summed E-state index contributed by atoms with van der Waals surface area (Å²) in [4.78, 5) is 4.76. The van der Waals surface area contributed by atoms with Gasteiger partial charge in [0.2, 0.25) is 0 Å². The lowest BCUT2D eigenvalue weighted by atomic mass is 9.96. The first-order chi connectivity index (χ1) is 8.08. The Hall–Kier alpha value is -1.37. The highest BCUT2D eigenvalue weighted by Gasteiger charge is 2.09. The van der Waals surface area contributed by atoms with Gasteiger partial charge in [0, 0.05) is 11.1 Å². The summed E-state index contributed by atoms with van der Waals surface area (Å²) >= 11 is 0. The highest BCUT2D eigenvalue weighted by Crippen LogP contribution is 2.25. The maximum Gasteiger partial charge on any atom is 0.0708 e. The summed E-state index contributed by atoms with van der Waals surface area (Å²) in [5.74, 6) is 1.21. The van der Waals surface area contributed by atoms with Gasteiger partial charge in [-0.1, -0.05) is 45.9 Å². The smallest absolute Gasteiger partial charge is 0.0708 e. The van der Waals surface area contributed by atoms with Crippen LogP contribution in [-0.4, -0.2) is 4.98 Å². The molecule has 0 amide bonds. The molecule has 1 aromatic heterocycles. The highest BCUT2D eigenvalue weighted by molar-refractivity contribution is 5.82. The second kappa shape index (κ2) is 4.87. The van der Waals surface area contributed by atoms with Crippen LogP contribution in [0.4, 0.5) is 0 Å². The van der Waals surface area contributed by atoms with Crippen molar-refractivity contribution < 1.29 is 0 Å². The SMILES string of the molecule is CC(C)Cc1cc(C(C)C)c2ccccc2n1. The van der Waals surface area contributed by atoms with E-state index in [-0.39, 0.29) is 0 Å². The highest BCUT2D eigenvalue weighted by atomic mass is 14.7. The van der Waals surface area contributed by atoms with Gasteiger partial charge in [0.25, 0.3) is 0 Å². The molecular weight excluding hydrogens is 206 g/mol. The van der Waals surface area contributed by atoms with Crippen LogP contribution in [0.1, 0.15) is 44.9 Å². The fraction of sp³-hybridized carbons (Fsp3) is 0.438. The Morgan fingerprint density at radius 1 is 1.06 bits per heavy atom. The maximum atomic E-state index is 4.76. The van der Waals surface area contributed by atoms with Gasteiger partial charge in [-0.3, -0.25) is 4.98 Å². The van der Waals surface area contributed by atoms with E-state index in [0.29, 0.717) is 11.8 Å². The second-order valence-corrected chi connectivity index (χ2v) is 5.47. The van der Waals surface area contributed by atoms with E-state index < -0.39 is 0 Å². The van der Waals surface area contributed by atoms with Crippen LogP contribution < -0.4 is 0 Å². The van der Waals surface area contributed by atoms with Crippen LogP contribution in [0.2, 0.25) is 0 Å². The molecule has 0 aliphatic carbocycles. The summed E-state index contributed by atoms with van der Waals surface area (Å²) in [6, 6.07) is 10.7. The van der Waals surface area contributed by atoms with Crippen LogP contribution in [0, 0.1) is 5.92 Å². The first-order valence-corrected chi connectivity index (χ1v) is 6.46. The van der Waals surface area contributed by atoms with Gasteiger partial charge >= 0.3 is 0 Å². The standard InChI is InChI=1S/C16H21N/c1-11(2)9-13-10-15(12(3)4)14-7-5-6-8-16(14)17-13/h5-8,10-12H,9H2,1-4H3. The quantitative estimate of drug-likeness (QED) is 0.749. The molecule has 1 heteroatoms. The largest absolute Gasteiger partial charge is 0.253 e. The Balaban J connectivity index is 2.58. The van der Waals surface area contributed by atoms with E-state index >= 15 is 0 Å². The molecule has 17 heavy (non-hydrogen) atoms. The van der Waals surface area contributed by atoms with Crippen LogP contribution in [-0.2, 0) is 6.42 Å². The van der Waals surface area contributed by atoms with Gasteiger partial charge < -0.3 is 0 Å². The Labute approximate surface area is 104 Å². The number of pyridine rings is 1. The fourth-order valence-electron chi connectivity index (χ4n) is 2.26. The van der Waals surface area contributed by atoms with Gasteiger partial charge in [-0.15, -0.1) is 0 Å². The first kappa shape index (κ1) is 12.1. The number of aromatic nitrogens is 1. The normalized spacial score (nSPS) is 11.6. The van der Waals surface area contributed by atoms with Crippen molar-refractivity contribution in [1.82, 2.24) is 4.98 Å². The topological polar surface area (TPSA) is 12.9 Å². The molecule has 0 bridgehead atoms. The minimum atomic E-state index is 0.550. The molecule has 1 nitrogen and oxygen atoms in total. The summed E-state index contributed by atoms with van der Waals surface area (Å²) in [7, 11) is 0. The Morgan fingerprint density at radius 2 is 1.76 bits per heavy atom. The van der Waals surface area contributed by atoms with Gasteiger partial charge in [-0.2, -0.15) is 0 Å². The average Bonchev–Trinajstić information content (AvgIpc) is 2.27. The van der Waals surface area contributed by atoms with Crippen LogP contribution in [0.5, 0.6) is 0 Å². The van der Waals surface area contributed by atoms with Crippen LogP contribution >= 0.6 is 0 Å². The molecule has 0 N–H and O–H groups in total. The molecule has 0 aliphatic rings. The van der Waals surface area contributed by atoms with E-state index in [1.807, 2.05) is 0 Å². The van der Waals surface area contributed by atoms with E-state index in [0.717, 1.165) is 11.9 Å². The minimum absolute atomic E-state index is 0.550. The lowest BCUT2D eigenvalue weighted by Gasteiger charge is -2.13. The molecule has 0 saturated carbocycles. The molecule has 0 aliphatic heterocycles. The molecular formula is C16H21N. The number of rotatable bonds is 3. The summed E-state index contributed by atoms with van der Waals surface area (Å²) in [5, 5.41) is 1.30. The van der Waals surface area contributed by atoms with Gasteiger partial charge in [0.1, 0.15) is 0 Å². The molecule has 0 unspecified atom stereocenters. The lowest BCUT2D eigenvalue weighted by molar-refractivity contribution is 0.635. The van der Waals surface area contributed by atoms with Crippen molar-refractivity contribution in [3.05, 3.63) is 41.6 Å². The summed E-state index contributed by atoms with van der Waals surface area (Å²) < 4.78 is 0. The van der Waals surface area contributed by atoms with E-state index in [1.165, 1.54) is 16.6 Å². The Bertz CT molecular complexity index is 512. The zero-order chi connectivity index (χ0) is 12.4. The summed E-state index contributed by atoms with van der Waals surface area (Å²) in [6.07, 6.45) is 1.06. The summed E-state index contributed by atoms with van der Waals surface area (Å²) in [5.41, 5.74) is 3.78. The average molecular weight is 227 g/mol. The monoisotopic (exact) mass is 227 g/mol. The van der Waals surface area contributed by atoms with Crippen LogP contribution in [0.15, 0.2) is 30.3 Å². The Morgan fingerprint density at radius 3 is 2.41 bits per heavy atom. The molecule has 0 radical (unpaired) electrons. The molecule has 1 aromatic carbocycles. The molecule has 90 valence electrons.